The fourth-order valence-electron chi connectivity index (χ4n) is 2.48. The molecule has 0 bridgehead atoms. The summed E-state index contributed by atoms with van der Waals surface area (Å²) in [6.07, 6.45) is 0. The van der Waals surface area contributed by atoms with E-state index >= 15 is 0 Å². The fraction of sp³-hybridized carbons (Fsp3) is 0.0625. The quantitative estimate of drug-likeness (QED) is 0.510. The number of nitrogens with one attached hydrogen (secondary N) is 1. The smallest absolute Gasteiger partial charge is 0.337 e. The van der Waals surface area contributed by atoms with Gasteiger partial charge in [-0.15, -0.1) is 11.3 Å². The number of nitrogens with two attached hydrogens (primary N) is 1. The van der Waals surface area contributed by atoms with E-state index in [2.05, 4.69) is 5.43 Å². The van der Waals surface area contributed by atoms with Crippen molar-refractivity contribution in [2.75, 3.05) is 0 Å². The number of fused-ring (bicyclic) bond motifs is 1. The highest BCUT2D eigenvalue weighted by Gasteiger charge is 2.14. The summed E-state index contributed by atoms with van der Waals surface area (Å²) in [4.78, 5) is 11.3. The first-order chi connectivity index (χ1) is 10.2. The summed E-state index contributed by atoms with van der Waals surface area (Å²) in [5, 5.41) is 12.3. The van der Waals surface area contributed by atoms with Crippen LogP contribution < -0.4 is 11.3 Å². The third-order valence-electron chi connectivity index (χ3n) is 3.43. The number of carboxylic acids is 1. The Kier molecular flexibility index (Phi) is 3.70. The molecule has 0 saturated carbocycles. The first kappa shape index (κ1) is 13.8. The van der Waals surface area contributed by atoms with E-state index in [1.54, 1.807) is 12.1 Å². The Balaban J connectivity index is 2.23. The van der Waals surface area contributed by atoms with Crippen LogP contribution in [0, 0.1) is 0 Å². The molecule has 0 radical (unpaired) electrons. The number of hydrogen-bond donors (Lipinski definition) is 3. The molecule has 4 N–H and O–H groups in total. The summed E-state index contributed by atoms with van der Waals surface area (Å²) in [5.41, 5.74) is 6.22. The van der Waals surface area contributed by atoms with Gasteiger partial charge >= 0.3 is 5.97 Å². The van der Waals surface area contributed by atoms with Gasteiger partial charge in [-0.1, -0.05) is 36.4 Å². The SMILES string of the molecule is NNCc1ccccc1-c1csc2c(C(=O)O)cccc12. The largest absolute Gasteiger partial charge is 0.478 e. The Bertz CT molecular complexity index is 811. The number of hydrogen-bond acceptors (Lipinski definition) is 4. The van der Waals surface area contributed by atoms with E-state index in [-0.39, 0.29) is 0 Å². The number of carboxylic acid groups (broad SMARTS) is 1. The summed E-state index contributed by atoms with van der Waals surface area (Å²) in [7, 11) is 0. The van der Waals surface area contributed by atoms with Crippen LogP contribution in [-0.2, 0) is 6.54 Å². The van der Waals surface area contributed by atoms with Crippen molar-refractivity contribution in [3.8, 4) is 11.1 Å². The van der Waals surface area contributed by atoms with Gasteiger partial charge in [0.1, 0.15) is 0 Å². The van der Waals surface area contributed by atoms with Gasteiger partial charge in [-0.3, -0.25) is 11.3 Å². The molecular formula is C16H14N2O2S. The highest BCUT2D eigenvalue weighted by Crippen LogP contribution is 2.37. The lowest BCUT2D eigenvalue weighted by atomic mass is 9.98. The van der Waals surface area contributed by atoms with Gasteiger partial charge in [-0.05, 0) is 22.6 Å². The van der Waals surface area contributed by atoms with E-state index in [9.17, 15) is 9.90 Å². The van der Waals surface area contributed by atoms with Crippen LogP contribution in [0.15, 0.2) is 47.8 Å². The lowest BCUT2D eigenvalue weighted by Gasteiger charge is -2.08. The van der Waals surface area contributed by atoms with E-state index in [1.165, 1.54) is 11.3 Å². The average Bonchev–Trinajstić information content (AvgIpc) is 2.91. The third-order valence-corrected chi connectivity index (χ3v) is 4.46. The van der Waals surface area contributed by atoms with Gasteiger partial charge in [0.05, 0.1) is 5.56 Å². The summed E-state index contributed by atoms with van der Waals surface area (Å²) in [5.74, 6) is 4.54. The van der Waals surface area contributed by atoms with Gasteiger partial charge in [0.2, 0.25) is 0 Å². The minimum atomic E-state index is -0.897. The number of rotatable bonds is 4. The molecule has 0 atom stereocenters. The zero-order valence-corrected chi connectivity index (χ0v) is 12.0. The lowest BCUT2D eigenvalue weighted by molar-refractivity contribution is 0.0699. The van der Waals surface area contributed by atoms with Crippen LogP contribution in [0.2, 0.25) is 0 Å². The topological polar surface area (TPSA) is 75.3 Å². The Hall–Kier alpha value is -2.21. The molecule has 21 heavy (non-hydrogen) atoms. The van der Waals surface area contributed by atoms with Crippen molar-refractivity contribution >= 4 is 27.4 Å². The summed E-state index contributed by atoms with van der Waals surface area (Å²) >= 11 is 1.46. The van der Waals surface area contributed by atoms with E-state index in [4.69, 9.17) is 5.84 Å². The standard InChI is InChI=1S/C16H14N2O2S/c17-18-8-10-4-1-2-5-11(10)14-9-21-15-12(14)6-3-7-13(15)16(19)20/h1-7,9,18H,8,17H2,(H,19,20). The monoisotopic (exact) mass is 298 g/mol. The van der Waals surface area contributed by atoms with E-state index in [0.717, 1.165) is 26.8 Å². The first-order valence-electron chi connectivity index (χ1n) is 6.47. The molecule has 0 aliphatic carbocycles. The Morgan fingerprint density at radius 3 is 2.71 bits per heavy atom. The molecule has 0 aliphatic rings. The third kappa shape index (κ3) is 2.42. The van der Waals surface area contributed by atoms with Crippen molar-refractivity contribution in [3.63, 3.8) is 0 Å². The molecule has 1 heterocycles. The first-order valence-corrected chi connectivity index (χ1v) is 7.35. The molecule has 3 aromatic rings. The predicted octanol–water partition coefficient (Wildman–Crippen LogP) is 3.23. The highest BCUT2D eigenvalue weighted by atomic mass is 32.1. The van der Waals surface area contributed by atoms with Gasteiger partial charge in [0.25, 0.3) is 0 Å². The van der Waals surface area contributed by atoms with Gasteiger partial charge < -0.3 is 5.11 Å². The molecule has 0 fully saturated rings. The summed E-state index contributed by atoms with van der Waals surface area (Å²) in [6.45, 7) is 0.562. The van der Waals surface area contributed by atoms with Gasteiger partial charge in [0.15, 0.2) is 0 Å². The maximum atomic E-state index is 11.3. The molecule has 4 nitrogen and oxygen atoms in total. The van der Waals surface area contributed by atoms with Crippen LogP contribution in [0.5, 0.6) is 0 Å². The number of carbonyl (C=O) groups is 1. The second kappa shape index (κ2) is 5.65. The molecule has 0 amide bonds. The van der Waals surface area contributed by atoms with Crippen molar-refractivity contribution in [1.82, 2.24) is 5.43 Å². The number of hydrazine groups is 1. The number of aromatic carboxylic acids is 1. The van der Waals surface area contributed by atoms with Crippen LogP contribution >= 0.6 is 11.3 Å². The van der Waals surface area contributed by atoms with Gasteiger partial charge in [0, 0.05) is 22.2 Å². The molecule has 3 rings (SSSR count). The Labute approximate surface area is 125 Å². The van der Waals surface area contributed by atoms with Crippen molar-refractivity contribution in [2.24, 2.45) is 5.84 Å². The Morgan fingerprint density at radius 1 is 1.14 bits per heavy atom. The van der Waals surface area contributed by atoms with Crippen LogP contribution in [0.4, 0.5) is 0 Å². The summed E-state index contributed by atoms with van der Waals surface area (Å²) < 4.78 is 0.801. The van der Waals surface area contributed by atoms with Gasteiger partial charge in [-0.25, -0.2) is 4.79 Å². The van der Waals surface area contributed by atoms with Crippen molar-refractivity contribution < 1.29 is 9.90 Å². The molecule has 5 heteroatoms. The molecule has 0 spiro atoms. The predicted molar refractivity (Wildman–Crippen MR) is 85.2 cm³/mol. The second-order valence-corrected chi connectivity index (χ2v) is 5.55. The van der Waals surface area contributed by atoms with Gasteiger partial charge in [-0.2, -0.15) is 0 Å². The van der Waals surface area contributed by atoms with Crippen LogP contribution in [0.3, 0.4) is 0 Å². The number of thiophene rings is 1. The zero-order valence-electron chi connectivity index (χ0n) is 11.2. The molecule has 0 aliphatic heterocycles. The van der Waals surface area contributed by atoms with E-state index in [1.807, 2.05) is 35.7 Å². The molecule has 0 saturated heterocycles. The minimum Gasteiger partial charge on any atom is -0.478 e. The van der Waals surface area contributed by atoms with E-state index < -0.39 is 5.97 Å². The molecule has 1 aromatic heterocycles. The fourth-order valence-corrected chi connectivity index (χ4v) is 3.56. The molecular weight excluding hydrogens is 284 g/mol. The second-order valence-electron chi connectivity index (χ2n) is 4.67. The van der Waals surface area contributed by atoms with Crippen LogP contribution in [0.25, 0.3) is 21.2 Å². The minimum absolute atomic E-state index is 0.346. The van der Waals surface area contributed by atoms with Crippen LogP contribution in [0.1, 0.15) is 15.9 Å². The van der Waals surface area contributed by atoms with Crippen molar-refractivity contribution in [3.05, 3.63) is 59.0 Å². The molecule has 2 aromatic carbocycles. The van der Waals surface area contributed by atoms with Crippen LogP contribution in [-0.4, -0.2) is 11.1 Å². The van der Waals surface area contributed by atoms with Crippen molar-refractivity contribution in [2.45, 2.75) is 6.54 Å². The maximum Gasteiger partial charge on any atom is 0.337 e. The highest BCUT2D eigenvalue weighted by molar-refractivity contribution is 7.18. The maximum absolute atomic E-state index is 11.3. The Morgan fingerprint density at radius 2 is 1.95 bits per heavy atom. The van der Waals surface area contributed by atoms with E-state index in [0.29, 0.717) is 12.1 Å². The molecule has 0 unspecified atom stereocenters. The normalized spacial score (nSPS) is 10.9. The van der Waals surface area contributed by atoms with Crippen molar-refractivity contribution in [1.29, 1.82) is 0 Å². The lowest BCUT2D eigenvalue weighted by Crippen LogP contribution is -2.21. The average molecular weight is 298 g/mol. The zero-order chi connectivity index (χ0) is 14.8. The summed E-state index contributed by atoms with van der Waals surface area (Å²) in [6, 6.07) is 13.4. The number of benzene rings is 2. The molecule has 106 valence electrons.